The lowest BCUT2D eigenvalue weighted by atomic mass is 9.98. The van der Waals surface area contributed by atoms with Gasteiger partial charge in [-0.15, -0.1) is 0 Å². The summed E-state index contributed by atoms with van der Waals surface area (Å²) in [6.07, 6.45) is 4.46. The molecule has 0 bridgehead atoms. The first-order chi connectivity index (χ1) is 6.33. The molecule has 1 heteroatoms. The molecule has 1 unspecified atom stereocenters. The molecule has 1 atom stereocenters. The molecule has 2 rings (SSSR count). The number of hydrogen-bond donors (Lipinski definition) is 1. The normalized spacial score (nSPS) is 18.2. The van der Waals surface area contributed by atoms with Gasteiger partial charge in [0.2, 0.25) is 0 Å². The lowest BCUT2D eigenvalue weighted by Crippen LogP contribution is -2.13. The predicted octanol–water partition coefficient (Wildman–Crippen LogP) is 2.74. The highest BCUT2D eigenvalue weighted by atomic mass is 14.7. The van der Waals surface area contributed by atoms with Gasteiger partial charge in [-0.3, -0.25) is 0 Å². The Morgan fingerprint density at radius 3 is 2.69 bits per heavy atom. The fourth-order valence-electron chi connectivity index (χ4n) is 1.71. The Morgan fingerprint density at radius 1 is 1.38 bits per heavy atom. The molecule has 1 aromatic carbocycles. The van der Waals surface area contributed by atoms with Crippen LogP contribution in [0.3, 0.4) is 0 Å². The summed E-state index contributed by atoms with van der Waals surface area (Å²) in [7, 11) is 0. The highest BCUT2D eigenvalue weighted by Gasteiger charge is 2.30. The molecule has 0 heterocycles. The van der Waals surface area contributed by atoms with Gasteiger partial charge in [-0.2, -0.15) is 0 Å². The van der Waals surface area contributed by atoms with E-state index in [0.717, 1.165) is 0 Å². The number of hydrogen-bond acceptors (Lipinski definition) is 1. The van der Waals surface area contributed by atoms with Crippen molar-refractivity contribution < 1.29 is 0 Å². The molecule has 1 aromatic rings. The average molecular weight is 173 g/mol. The lowest BCUT2D eigenvalue weighted by Gasteiger charge is -2.13. The van der Waals surface area contributed by atoms with Crippen molar-refractivity contribution in [1.82, 2.24) is 0 Å². The van der Waals surface area contributed by atoms with E-state index in [4.69, 9.17) is 5.73 Å². The molecule has 68 valence electrons. The summed E-state index contributed by atoms with van der Waals surface area (Å²) < 4.78 is 0. The molecule has 0 amide bonds. The van der Waals surface area contributed by atoms with Gasteiger partial charge in [0.25, 0.3) is 0 Å². The Balaban J connectivity index is 2.31. The van der Waals surface area contributed by atoms with E-state index in [9.17, 15) is 0 Å². The Labute approximate surface area is 79.3 Å². The fraction of sp³-hybridized carbons (Fsp3) is 0.333. The zero-order valence-electron chi connectivity index (χ0n) is 7.74. The van der Waals surface area contributed by atoms with E-state index in [2.05, 4.69) is 18.7 Å². The Bertz CT molecular complexity index is 313. The van der Waals surface area contributed by atoms with E-state index in [1.54, 1.807) is 0 Å². The van der Waals surface area contributed by atoms with Crippen LogP contribution in [-0.4, -0.2) is 0 Å². The summed E-state index contributed by atoms with van der Waals surface area (Å²) in [6, 6.07) is 8.48. The monoisotopic (exact) mass is 173 g/mol. The van der Waals surface area contributed by atoms with Crippen molar-refractivity contribution in [1.29, 1.82) is 0 Å². The minimum Gasteiger partial charge on any atom is -0.324 e. The summed E-state index contributed by atoms with van der Waals surface area (Å²) in [4.78, 5) is 0. The summed E-state index contributed by atoms with van der Waals surface area (Å²) in [5.74, 6) is 0.709. The number of nitrogens with two attached hydrogens (primary N) is 1. The quantitative estimate of drug-likeness (QED) is 0.747. The molecule has 0 aliphatic heterocycles. The van der Waals surface area contributed by atoms with E-state index in [1.807, 2.05) is 18.2 Å². The second-order valence-electron chi connectivity index (χ2n) is 3.70. The van der Waals surface area contributed by atoms with Crippen molar-refractivity contribution in [3.63, 3.8) is 0 Å². The summed E-state index contributed by atoms with van der Waals surface area (Å²) in [5, 5.41) is 0. The first-order valence-electron chi connectivity index (χ1n) is 4.80. The van der Waals surface area contributed by atoms with Crippen molar-refractivity contribution in [3.8, 4) is 0 Å². The summed E-state index contributed by atoms with van der Waals surface area (Å²) in [5.41, 5.74) is 8.56. The van der Waals surface area contributed by atoms with Crippen LogP contribution in [0.15, 0.2) is 30.8 Å². The number of benzene rings is 1. The Hall–Kier alpha value is -1.08. The van der Waals surface area contributed by atoms with Gasteiger partial charge in [0.1, 0.15) is 0 Å². The summed E-state index contributed by atoms with van der Waals surface area (Å²) in [6.45, 7) is 3.80. The van der Waals surface area contributed by atoms with E-state index < -0.39 is 0 Å². The second kappa shape index (κ2) is 3.35. The molecule has 1 fully saturated rings. The van der Waals surface area contributed by atoms with Crippen LogP contribution in [0.2, 0.25) is 0 Å². The Morgan fingerprint density at radius 2 is 2.08 bits per heavy atom. The van der Waals surface area contributed by atoms with E-state index in [1.165, 1.54) is 24.0 Å². The van der Waals surface area contributed by atoms with Gasteiger partial charge in [-0.25, -0.2) is 0 Å². The van der Waals surface area contributed by atoms with Crippen molar-refractivity contribution in [2.45, 2.75) is 18.9 Å². The van der Waals surface area contributed by atoms with Gasteiger partial charge < -0.3 is 5.73 Å². The summed E-state index contributed by atoms with van der Waals surface area (Å²) >= 11 is 0. The van der Waals surface area contributed by atoms with E-state index in [0.29, 0.717) is 5.92 Å². The smallest absolute Gasteiger partial charge is 0.0329 e. The highest BCUT2D eigenvalue weighted by Crippen LogP contribution is 2.40. The van der Waals surface area contributed by atoms with Crippen LogP contribution in [0.1, 0.15) is 30.0 Å². The first-order valence-corrected chi connectivity index (χ1v) is 4.80. The third kappa shape index (κ3) is 1.65. The van der Waals surface area contributed by atoms with Crippen LogP contribution in [0, 0.1) is 5.92 Å². The first kappa shape index (κ1) is 8.52. The minimum absolute atomic E-state index is 0.217. The fourth-order valence-corrected chi connectivity index (χ4v) is 1.71. The third-order valence-electron chi connectivity index (χ3n) is 2.70. The second-order valence-corrected chi connectivity index (χ2v) is 3.70. The molecule has 0 spiro atoms. The Kier molecular flexibility index (Phi) is 2.19. The van der Waals surface area contributed by atoms with Crippen molar-refractivity contribution >= 4 is 6.08 Å². The zero-order chi connectivity index (χ0) is 9.26. The molecule has 1 nitrogen and oxygen atoms in total. The topological polar surface area (TPSA) is 26.0 Å². The van der Waals surface area contributed by atoms with Crippen molar-refractivity contribution in [2.24, 2.45) is 11.7 Å². The highest BCUT2D eigenvalue weighted by molar-refractivity contribution is 5.52. The molecular weight excluding hydrogens is 158 g/mol. The van der Waals surface area contributed by atoms with E-state index in [-0.39, 0.29) is 6.04 Å². The maximum atomic E-state index is 6.13. The van der Waals surface area contributed by atoms with Crippen LogP contribution in [-0.2, 0) is 0 Å². The molecule has 0 radical (unpaired) electrons. The standard InChI is InChI=1S/C12H15N/c1-2-9-5-3-4-6-11(9)12(13)10-7-8-10/h2-6,10,12H,1,7-8,13H2. The average Bonchev–Trinajstić information content (AvgIpc) is 3.00. The molecule has 2 N–H and O–H groups in total. The molecule has 0 aromatic heterocycles. The third-order valence-corrected chi connectivity index (χ3v) is 2.70. The zero-order valence-corrected chi connectivity index (χ0v) is 7.74. The molecular formula is C12H15N. The van der Waals surface area contributed by atoms with Crippen LogP contribution in [0.5, 0.6) is 0 Å². The molecule has 1 aliphatic carbocycles. The van der Waals surface area contributed by atoms with Crippen molar-refractivity contribution in [2.75, 3.05) is 0 Å². The molecule has 1 saturated carbocycles. The SMILES string of the molecule is C=Cc1ccccc1C(N)C1CC1. The van der Waals surface area contributed by atoms with Gasteiger partial charge in [0.05, 0.1) is 0 Å². The van der Waals surface area contributed by atoms with Gasteiger partial charge in [0, 0.05) is 6.04 Å². The molecule has 0 saturated heterocycles. The van der Waals surface area contributed by atoms with Gasteiger partial charge in [-0.05, 0) is 29.9 Å². The van der Waals surface area contributed by atoms with Crippen LogP contribution < -0.4 is 5.73 Å². The van der Waals surface area contributed by atoms with Crippen LogP contribution >= 0.6 is 0 Å². The van der Waals surface area contributed by atoms with E-state index >= 15 is 0 Å². The van der Waals surface area contributed by atoms with Crippen LogP contribution in [0.4, 0.5) is 0 Å². The van der Waals surface area contributed by atoms with Gasteiger partial charge >= 0.3 is 0 Å². The van der Waals surface area contributed by atoms with Gasteiger partial charge in [0.15, 0.2) is 0 Å². The minimum atomic E-state index is 0.217. The molecule has 13 heavy (non-hydrogen) atoms. The van der Waals surface area contributed by atoms with Crippen LogP contribution in [0.25, 0.3) is 6.08 Å². The predicted molar refractivity (Wildman–Crippen MR) is 56.2 cm³/mol. The van der Waals surface area contributed by atoms with Crippen molar-refractivity contribution in [3.05, 3.63) is 42.0 Å². The maximum absolute atomic E-state index is 6.13. The number of rotatable bonds is 3. The maximum Gasteiger partial charge on any atom is 0.0329 e. The largest absolute Gasteiger partial charge is 0.324 e. The lowest BCUT2D eigenvalue weighted by molar-refractivity contribution is 0.632. The van der Waals surface area contributed by atoms with Gasteiger partial charge in [-0.1, -0.05) is 36.9 Å². The molecule has 1 aliphatic rings.